The number of halogens is 1. The molecule has 28 heavy (non-hydrogen) atoms. The second-order valence-corrected chi connectivity index (χ2v) is 8.59. The summed E-state index contributed by atoms with van der Waals surface area (Å²) >= 11 is 0. The van der Waals surface area contributed by atoms with Crippen LogP contribution in [-0.2, 0) is 10.0 Å². The smallest absolute Gasteiger partial charge is 0.208 e. The molecule has 0 aliphatic carbocycles. The number of sulfonamides is 1. The van der Waals surface area contributed by atoms with Crippen molar-refractivity contribution in [2.75, 3.05) is 52.1 Å². The van der Waals surface area contributed by atoms with Gasteiger partial charge in [-0.25, -0.2) is 13.1 Å². The Morgan fingerprint density at radius 2 is 1.79 bits per heavy atom. The number of aliphatic imine (C=N–C) groups is 1. The van der Waals surface area contributed by atoms with Crippen LogP contribution in [0.3, 0.4) is 0 Å². The highest BCUT2D eigenvalue weighted by atomic mass is 127. The highest BCUT2D eigenvalue weighted by Gasteiger charge is 2.25. The van der Waals surface area contributed by atoms with E-state index in [-0.39, 0.29) is 24.0 Å². The predicted molar refractivity (Wildman–Crippen MR) is 127 cm³/mol. The summed E-state index contributed by atoms with van der Waals surface area (Å²) in [7, 11) is -3.17. The molecule has 0 spiro atoms. The molecule has 160 valence electrons. The van der Waals surface area contributed by atoms with Crippen molar-refractivity contribution in [2.24, 2.45) is 4.99 Å². The standard InChI is InChI=1S/C19H33N5O2S.HI/c1-4-18(17-9-7-6-8-10-17)23-13-15-24(16-14-23)19(20-5-2)21-11-12-22-27(3,25)26;/h6-10,18,22H,4-5,11-16H2,1-3H3,(H,20,21);1H. The van der Waals surface area contributed by atoms with E-state index >= 15 is 0 Å². The molecular weight excluding hydrogens is 489 g/mol. The molecule has 1 aliphatic rings. The highest BCUT2D eigenvalue weighted by molar-refractivity contribution is 14.0. The van der Waals surface area contributed by atoms with Gasteiger partial charge in [-0.3, -0.25) is 9.89 Å². The first kappa shape index (κ1) is 25.1. The summed E-state index contributed by atoms with van der Waals surface area (Å²) in [6.45, 7) is 9.62. The third-order valence-corrected chi connectivity index (χ3v) is 5.43. The first-order valence-electron chi connectivity index (χ1n) is 9.71. The van der Waals surface area contributed by atoms with Gasteiger partial charge in [-0.05, 0) is 18.9 Å². The molecule has 0 bridgehead atoms. The van der Waals surface area contributed by atoms with Gasteiger partial charge in [-0.1, -0.05) is 37.3 Å². The summed E-state index contributed by atoms with van der Waals surface area (Å²) in [5.41, 5.74) is 1.38. The van der Waals surface area contributed by atoms with Gasteiger partial charge < -0.3 is 10.2 Å². The fourth-order valence-electron chi connectivity index (χ4n) is 3.44. The molecule has 1 atom stereocenters. The van der Waals surface area contributed by atoms with Crippen molar-refractivity contribution >= 4 is 40.0 Å². The Morgan fingerprint density at radius 1 is 1.14 bits per heavy atom. The highest BCUT2D eigenvalue weighted by Crippen LogP contribution is 2.25. The quantitative estimate of drug-likeness (QED) is 0.236. The number of hydrogen-bond acceptors (Lipinski definition) is 4. The largest absolute Gasteiger partial charge is 0.357 e. The van der Waals surface area contributed by atoms with Gasteiger partial charge >= 0.3 is 0 Å². The summed E-state index contributed by atoms with van der Waals surface area (Å²) in [6.07, 6.45) is 2.26. The molecule has 1 heterocycles. The minimum atomic E-state index is -3.17. The van der Waals surface area contributed by atoms with E-state index in [4.69, 9.17) is 0 Å². The third kappa shape index (κ3) is 8.22. The van der Waals surface area contributed by atoms with Crippen LogP contribution >= 0.6 is 24.0 Å². The van der Waals surface area contributed by atoms with Crippen LogP contribution in [0, 0.1) is 0 Å². The Hall–Kier alpha value is -0.910. The zero-order valence-electron chi connectivity index (χ0n) is 17.1. The van der Waals surface area contributed by atoms with Crippen LogP contribution in [0.1, 0.15) is 31.9 Å². The number of guanidine groups is 1. The maximum absolute atomic E-state index is 11.2. The molecule has 1 saturated heterocycles. The summed E-state index contributed by atoms with van der Waals surface area (Å²) in [4.78, 5) is 9.38. The number of nitrogens with one attached hydrogen (secondary N) is 2. The number of nitrogens with zero attached hydrogens (tertiary/aromatic N) is 3. The van der Waals surface area contributed by atoms with Crippen LogP contribution in [-0.4, -0.2) is 76.2 Å². The molecule has 1 aromatic carbocycles. The molecule has 1 aromatic rings. The molecule has 0 aromatic heterocycles. The Bertz CT molecular complexity index is 692. The second kappa shape index (κ2) is 12.6. The summed E-state index contributed by atoms with van der Waals surface area (Å²) in [5.74, 6) is 0.861. The number of piperazine rings is 1. The van der Waals surface area contributed by atoms with Crippen molar-refractivity contribution in [3.63, 3.8) is 0 Å². The molecule has 1 fully saturated rings. The topological polar surface area (TPSA) is 77.0 Å². The summed E-state index contributed by atoms with van der Waals surface area (Å²) < 4.78 is 24.8. The van der Waals surface area contributed by atoms with Crippen molar-refractivity contribution in [1.82, 2.24) is 19.8 Å². The first-order chi connectivity index (χ1) is 12.9. The molecule has 2 rings (SSSR count). The van der Waals surface area contributed by atoms with Gasteiger partial charge in [0.1, 0.15) is 0 Å². The van der Waals surface area contributed by atoms with Crippen molar-refractivity contribution in [3.05, 3.63) is 35.9 Å². The van der Waals surface area contributed by atoms with Gasteiger partial charge in [-0.2, -0.15) is 0 Å². The van der Waals surface area contributed by atoms with Gasteiger partial charge in [0.15, 0.2) is 5.96 Å². The maximum atomic E-state index is 11.2. The van der Waals surface area contributed by atoms with Crippen molar-refractivity contribution in [2.45, 2.75) is 26.3 Å². The SMILES string of the molecule is CCNC(=NCCNS(C)(=O)=O)N1CCN(C(CC)c2ccccc2)CC1.I. The van der Waals surface area contributed by atoms with E-state index in [1.54, 1.807) is 0 Å². The average Bonchev–Trinajstić information content (AvgIpc) is 2.66. The van der Waals surface area contributed by atoms with Crippen LogP contribution in [0.25, 0.3) is 0 Å². The van der Waals surface area contributed by atoms with Gasteiger partial charge in [0.25, 0.3) is 0 Å². The first-order valence-corrected chi connectivity index (χ1v) is 11.6. The molecule has 0 saturated carbocycles. The van der Waals surface area contributed by atoms with Crippen molar-refractivity contribution < 1.29 is 8.42 Å². The van der Waals surface area contributed by atoms with E-state index in [0.29, 0.717) is 19.1 Å². The van der Waals surface area contributed by atoms with E-state index in [1.165, 1.54) is 5.56 Å². The molecule has 0 amide bonds. The van der Waals surface area contributed by atoms with Gasteiger partial charge in [0.2, 0.25) is 10.0 Å². The van der Waals surface area contributed by atoms with E-state index in [2.05, 4.69) is 62.1 Å². The molecular formula is C19H34IN5O2S. The van der Waals surface area contributed by atoms with E-state index in [1.807, 2.05) is 6.92 Å². The van der Waals surface area contributed by atoms with Crippen molar-refractivity contribution in [1.29, 1.82) is 0 Å². The lowest BCUT2D eigenvalue weighted by molar-refractivity contribution is 0.127. The van der Waals surface area contributed by atoms with E-state index in [0.717, 1.165) is 51.4 Å². The van der Waals surface area contributed by atoms with Crippen LogP contribution in [0.15, 0.2) is 35.3 Å². The average molecular weight is 523 g/mol. The van der Waals surface area contributed by atoms with Gasteiger partial charge in [-0.15, -0.1) is 24.0 Å². The number of rotatable bonds is 8. The summed E-state index contributed by atoms with van der Waals surface area (Å²) in [5, 5.41) is 3.32. The van der Waals surface area contributed by atoms with Gasteiger partial charge in [0, 0.05) is 45.3 Å². The lowest BCUT2D eigenvalue weighted by atomic mass is 10.0. The van der Waals surface area contributed by atoms with Crippen LogP contribution in [0.5, 0.6) is 0 Å². The van der Waals surface area contributed by atoms with Gasteiger partial charge in [0.05, 0.1) is 12.8 Å². The van der Waals surface area contributed by atoms with Crippen LogP contribution in [0.2, 0.25) is 0 Å². The predicted octanol–water partition coefficient (Wildman–Crippen LogP) is 1.89. The molecule has 0 radical (unpaired) electrons. The van der Waals surface area contributed by atoms with E-state index < -0.39 is 10.0 Å². The number of hydrogen-bond donors (Lipinski definition) is 2. The normalized spacial score (nSPS) is 17.1. The monoisotopic (exact) mass is 523 g/mol. The maximum Gasteiger partial charge on any atom is 0.208 e. The zero-order valence-corrected chi connectivity index (χ0v) is 20.2. The molecule has 1 unspecified atom stereocenters. The fraction of sp³-hybridized carbons (Fsp3) is 0.632. The van der Waals surface area contributed by atoms with Crippen LogP contribution in [0.4, 0.5) is 0 Å². The molecule has 7 nitrogen and oxygen atoms in total. The molecule has 1 aliphatic heterocycles. The van der Waals surface area contributed by atoms with E-state index in [9.17, 15) is 8.42 Å². The summed E-state index contributed by atoms with van der Waals surface area (Å²) in [6, 6.07) is 11.1. The lowest BCUT2D eigenvalue weighted by Gasteiger charge is -2.40. The number of benzene rings is 1. The Kier molecular flexibility index (Phi) is 11.3. The van der Waals surface area contributed by atoms with Crippen LogP contribution < -0.4 is 10.0 Å². The third-order valence-electron chi connectivity index (χ3n) is 4.70. The Labute approximate surface area is 187 Å². The minimum absolute atomic E-state index is 0. The van der Waals surface area contributed by atoms with Crippen molar-refractivity contribution in [3.8, 4) is 0 Å². The Balaban J connectivity index is 0.00000392. The molecule has 2 N–H and O–H groups in total. The molecule has 9 heteroatoms. The Morgan fingerprint density at radius 3 is 2.32 bits per heavy atom. The fourth-order valence-corrected chi connectivity index (χ4v) is 3.91. The minimum Gasteiger partial charge on any atom is -0.357 e. The zero-order chi connectivity index (χ0) is 19.7. The second-order valence-electron chi connectivity index (χ2n) is 6.76. The lowest BCUT2D eigenvalue weighted by Crippen LogP contribution is -2.53.